The number of hydrogen-bond acceptors (Lipinski definition) is 6. The molecule has 2 aromatic carbocycles. The molecule has 6 nitrogen and oxygen atoms in total. The number of amides is 1. The van der Waals surface area contributed by atoms with Gasteiger partial charge in [-0.1, -0.05) is 36.0 Å². The first-order valence-corrected chi connectivity index (χ1v) is 11.8. The minimum absolute atomic E-state index is 0.0163. The van der Waals surface area contributed by atoms with E-state index in [0.29, 0.717) is 16.4 Å². The number of anilines is 2. The summed E-state index contributed by atoms with van der Waals surface area (Å²) in [6.07, 6.45) is 0. The summed E-state index contributed by atoms with van der Waals surface area (Å²) in [5.74, 6) is -0.545. The van der Waals surface area contributed by atoms with Crippen molar-refractivity contribution in [3.63, 3.8) is 0 Å². The number of nitrogens with one attached hydrogen (secondary N) is 1. The molecule has 1 amide bonds. The van der Waals surface area contributed by atoms with E-state index in [4.69, 9.17) is 0 Å². The molecule has 2 aromatic rings. The summed E-state index contributed by atoms with van der Waals surface area (Å²) in [6, 6.07) is 13.6. The number of benzene rings is 2. The van der Waals surface area contributed by atoms with Crippen LogP contribution in [0.15, 0.2) is 53.5 Å². The molecular weight excluding hydrogens is 413 g/mol. The van der Waals surface area contributed by atoms with Crippen molar-refractivity contribution in [1.29, 1.82) is 0 Å². The molecule has 0 spiro atoms. The van der Waals surface area contributed by atoms with Crippen LogP contribution in [-0.2, 0) is 14.6 Å². The third-order valence-corrected chi connectivity index (χ3v) is 8.11. The molecule has 0 radical (unpaired) electrons. The molecule has 2 aliphatic rings. The number of hydrogen-bond donors (Lipinski definition) is 1. The molecule has 2 unspecified atom stereocenters. The molecule has 0 aromatic heterocycles. The second kappa shape index (κ2) is 7.79. The van der Waals surface area contributed by atoms with E-state index in [-0.39, 0.29) is 41.1 Å². The maximum atomic E-state index is 13.8. The lowest BCUT2D eigenvalue weighted by molar-refractivity contribution is -0.114. The number of aryl methyl sites for hydroxylation is 1. The highest BCUT2D eigenvalue weighted by atomic mass is 32.2. The number of halogens is 1. The van der Waals surface area contributed by atoms with Crippen LogP contribution >= 0.6 is 11.8 Å². The van der Waals surface area contributed by atoms with Gasteiger partial charge in [-0.05, 0) is 36.8 Å². The lowest BCUT2D eigenvalue weighted by atomic mass is 10.2. The third-order valence-electron chi connectivity index (χ3n) is 4.86. The SMILES string of the molecule is Cc1ccc(NC(=O)CN(C2=NC3CS(=O)(=O)CC3S2)c2ccccc2)cc1F. The van der Waals surface area contributed by atoms with Crippen LogP contribution in [0.5, 0.6) is 0 Å². The van der Waals surface area contributed by atoms with E-state index in [2.05, 4.69) is 10.3 Å². The molecule has 1 saturated heterocycles. The van der Waals surface area contributed by atoms with Gasteiger partial charge in [0, 0.05) is 16.6 Å². The van der Waals surface area contributed by atoms with Crippen LogP contribution in [0.2, 0.25) is 0 Å². The van der Waals surface area contributed by atoms with Crippen LogP contribution < -0.4 is 10.2 Å². The van der Waals surface area contributed by atoms with Crippen molar-refractivity contribution >= 4 is 44.0 Å². The Labute approximate surface area is 173 Å². The zero-order valence-electron chi connectivity index (χ0n) is 15.7. The second-order valence-electron chi connectivity index (χ2n) is 7.15. The van der Waals surface area contributed by atoms with Crippen molar-refractivity contribution in [3.05, 3.63) is 59.9 Å². The number of sulfone groups is 1. The summed E-state index contributed by atoms with van der Waals surface area (Å²) in [7, 11) is -3.05. The maximum absolute atomic E-state index is 13.8. The van der Waals surface area contributed by atoms with Gasteiger partial charge >= 0.3 is 0 Å². The predicted molar refractivity (Wildman–Crippen MR) is 115 cm³/mol. The molecule has 9 heteroatoms. The molecule has 4 rings (SSSR count). The summed E-state index contributed by atoms with van der Waals surface area (Å²) in [4.78, 5) is 19.0. The predicted octanol–water partition coefficient (Wildman–Crippen LogP) is 2.85. The molecular formula is C20H20FN3O3S2. The Morgan fingerprint density at radius 2 is 2.00 bits per heavy atom. The van der Waals surface area contributed by atoms with Gasteiger partial charge in [-0.2, -0.15) is 0 Å². The Balaban J connectivity index is 1.54. The minimum atomic E-state index is -3.05. The standard InChI is InChI=1S/C20H20FN3O3S2/c1-13-7-8-14(9-16(13)21)22-19(25)10-24(15-5-3-2-4-6-15)20-23-17-11-29(26,27)12-18(17)28-20/h2-9,17-18H,10-12H2,1H3,(H,22,25). The first-order chi connectivity index (χ1) is 13.8. The van der Waals surface area contributed by atoms with E-state index < -0.39 is 9.84 Å². The van der Waals surface area contributed by atoms with Crippen molar-refractivity contribution in [2.75, 3.05) is 28.3 Å². The van der Waals surface area contributed by atoms with Gasteiger partial charge in [-0.25, -0.2) is 12.8 Å². The fraction of sp³-hybridized carbons (Fsp3) is 0.300. The number of amidine groups is 1. The highest BCUT2D eigenvalue weighted by molar-refractivity contribution is 8.15. The highest BCUT2D eigenvalue weighted by Gasteiger charge is 2.44. The molecule has 152 valence electrons. The average molecular weight is 434 g/mol. The fourth-order valence-corrected chi connectivity index (χ4v) is 7.14. The van der Waals surface area contributed by atoms with Gasteiger partial charge in [0.2, 0.25) is 5.91 Å². The Morgan fingerprint density at radius 1 is 1.24 bits per heavy atom. The molecule has 0 aliphatic carbocycles. The minimum Gasteiger partial charge on any atom is -0.324 e. The van der Waals surface area contributed by atoms with Gasteiger partial charge in [0.15, 0.2) is 15.0 Å². The average Bonchev–Trinajstić information content (AvgIpc) is 3.17. The van der Waals surface area contributed by atoms with E-state index in [1.54, 1.807) is 24.0 Å². The maximum Gasteiger partial charge on any atom is 0.244 e. The Morgan fingerprint density at radius 3 is 2.69 bits per heavy atom. The van der Waals surface area contributed by atoms with E-state index in [1.807, 2.05) is 30.3 Å². The summed E-state index contributed by atoms with van der Waals surface area (Å²) in [6.45, 7) is 1.64. The quantitative estimate of drug-likeness (QED) is 0.802. The lowest BCUT2D eigenvalue weighted by Gasteiger charge is -2.24. The van der Waals surface area contributed by atoms with Crippen LogP contribution in [0.3, 0.4) is 0 Å². The van der Waals surface area contributed by atoms with E-state index >= 15 is 0 Å². The monoisotopic (exact) mass is 433 g/mol. The van der Waals surface area contributed by atoms with Gasteiger partial charge in [0.1, 0.15) is 12.4 Å². The number of thioether (sulfide) groups is 1. The van der Waals surface area contributed by atoms with E-state index in [0.717, 1.165) is 5.69 Å². The lowest BCUT2D eigenvalue weighted by Crippen LogP contribution is -2.36. The van der Waals surface area contributed by atoms with E-state index in [9.17, 15) is 17.6 Å². The first kappa shape index (κ1) is 19.9. The molecule has 2 aliphatic heterocycles. The topological polar surface area (TPSA) is 78.8 Å². The molecule has 29 heavy (non-hydrogen) atoms. The van der Waals surface area contributed by atoms with E-state index in [1.165, 1.54) is 17.8 Å². The summed E-state index contributed by atoms with van der Waals surface area (Å²) >= 11 is 1.40. The molecule has 1 fully saturated rings. The summed E-state index contributed by atoms with van der Waals surface area (Å²) < 4.78 is 37.4. The summed E-state index contributed by atoms with van der Waals surface area (Å²) in [5.41, 5.74) is 1.68. The zero-order valence-corrected chi connectivity index (χ0v) is 17.3. The number of carbonyl (C=O) groups is 1. The fourth-order valence-electron chi connectivity index (χ4n) is 3.36. The Hall–Kier alpha value is -2.39. The van der Waals surface area contributed by atoms with Crippen LogP contribution in [0.1, 0.15) is 5.56 Å². The Bertz CT molecular complexity index is 1070. The first-order valence-electron chi connectivity index (χ1n) is 9.14. The molecule has 2 heterocycles. The second-order valence-corrected chi connectivity index (χ2v) is 10.5. The number of carbonyl (C=O) groups excluding carboxylic acids is 1. The number of fused-ring (bicyclic) bond motifs is 1. The normalized spacial score (nSPS) is 22.1. The largest absolute Gasteiger partial charge is 0.324 e. The van der Waals surface area contributed by atoms with Gasteiger partial charge in [-0.3, -0.25) is 9.79 Å². The number of nitrogens with zero attached hydrogens (tertiary/aromatic N) is 2. The molecule has 0 bridgehead atoms. The van der Waals surface area contributed by atoms with Crippen molar-refractivity contribution in [3.8, 4) is 0 Å². The van der Waals surface area contributed by atoms with Crippen LogP contribution in [-0.4, -0.2) is 48.8 Å². The van der Waals surface area contributed by atoms with Crippen molar-refractivity contribution in [2.45, 2.75) is 18.2 Å². The van der Waals surface area contributed by atoms with Crippen molar-refractivity contribution in [2.24, 2.45) is 4.99 Å². The van der Waals surface area contributed by atoms with Gasteiger partial charge < -0.3 is 10.2 Å². The third kappa shape index (κ3) is 4.45. The van der Waals surface area contributed by atoms with Crippen LogP contribution in [0.4, 0.5) is 15.8 Å². The zero-order chi connectivity index (χ0) is 20.6. The van der Waals surface area contributed by atoms with Crippen molar-refractivity contribution in [1.82, 2.24) is 0 Å². The molecule has 0 saturated carbocycles. The van der Waals surface area contributed by atoms with Crippen LogP contribution in [0.25, 0.3) is 0 Å². The van der Waals surface area contributed by atoms with Gasteiger partial charge in [0.25, 0.3) is 0 Å². The Kier molecular flexibility index (Phi) is 5.35. The van der Waals surface area contributed by atoms with Gasteiger partial charge in [0.05, 0.1) is 17.5 Å². The smallest absolute Gasteiger partial charge is 0.244 e. The number of para-hydroxylation sites is 1. The van der Waals surface area contributed by atoms with Crippen molar-refractivity contribution < 1.29 is 17.6 Å². The number of rotatable bonds is 4. The molecule has 1 N–H and O–H groups in total. The molecule has 2 atom stereocenters. The number of aliphatic imine (C=N–C) groups is 1. The van der Waals surface area contributed by atoms with Gasteiger partial charge in [-0.15, -0.1) is 0 Å². The van der Waals surface area contributed by atoms with Crippen LogP contribution in [0, 0.1) is 12.7 Å². The highest BCUT2D eigenvalue weighted by Crippen LogP contribution is 2.36. The summed E-state index contributed by atoms with van der Waals surface area (Å²) in [5, 5.41) is 3.23.